The molecule has 1 heterocycles. The monoisotopic (exact) mass is 261 g/mol. The molecule has 1 saturated carbocycles. The van der Waals surface area contributed by atoms with Gasteiger partial charge in [-0.25, -0.2) is 0 Å². The van der Waals surface area contributed by atoms with E-state index in [-0.39, 0.29) is 5.41 Å². The SMILES string of the molecule is N#CC1(c2ccccc2Cl)CC2(CCOCC2)C1. The summed E-state index contributed by atoms with van der Waals surface area (Å²) in [5.74, 6) is 0. The highest BCUT2D eigenvalue weighted by molar-refractivity contribution is 6.31. The Morgan fingerprint density at radius 2 is 1.83 bits per heavy atom. The van der Waals surface area contributed by atoms with Crippen molar-refractivity contribution < 1.29 is 4.74 Å². The van der Waals surface area contributed by atoms with Crippen molar-refractivity contribution in [2.24, 2.45) is 5.41 Å². The van der Waals surface area contributed by atoms with E-state index in [0.717, 1.165) is 49.5 Å². The highest BCUT2D eigenvalue weighted by atomic mass is 35.5. The van der Waals surface area contributed by atoms with Crippen LogP contribution < -0.4 is 0 Å². The van der Waals surface area contributed by atoms with Gasteiger partial charge in [0.25, 0.3) is 0 Å². The highest BCUT2D eigenvalue weighted by Gasteiger charge is 2.56. The summed E-state index contributed by atoms with van der Waals surface area (Å²) in [6.45, 7) is 1.67. The fraction of sp³-hybridized carbons (Fsp3) is 0.533. The molecule has 0 unspecified atom stereocenters. The van der Waals surface area contributed by atoms with Gasteiger partial charge in [-0.3, -0.25) is 0 Å². The maximum absolute atomic E-state index is 9.59. The van der Waals surface area contributed by atoms with Crippen molar-refractivity contribution in [1.82, 2.24) is 0 Å². The van der Waals surface area contributed by atoms with E-state index in [0.29, 0.717) is 5.41 Å². The van der Waals surface area contributed by atoms with E-state index < -0.39 is 0 Å². The first-order valence-electron chi connectivity index (χ1n) is 6.44. The van der Waals surface area contributed by atoms with Gasteiger partial charge < -0.3 is 4.74 Å². The molecule has 2 fully saturated rings. The average Bonchev–Trinajstić information content (AvgIpc) is 2.37. The standard InChI is InChI=1S/C15H16ClNO/c16-13-4-2-1-3-12(13)15(11-17)9-14(10-15)5-7-18-8-6-14/h1-4H,5-10H2. The fourth-order valence-electron chi connectivity index (χ4n) is 3.57. The molecule has 1 aliphatic heterocycles. The average molecular weight is 262 g/mol. The molecule has 0 N–H and O–H groups in total. The first-order valence-corrected chi connectivity index (χ1v) is 6.82. The molecule has 1 aliphatic carbocycles. The molecule has 1 aromatic carbocycles. The molecular weight excluding hydrogens is 246 g/mol. The first-order chi connectivity index (χ1) is 8.70. The molecule has 0 aromatic heterocycles. The minimum atomic E-state index is -0.365. The highest BCUT2D eigenvalue weighted by Crippen LogP contribution is 2.60. The zero-order valence-corrected chi connectivity index (χ0v) is 11.0. The largest absolute Gasteiger partial charge is 0.381 e. The number of ether oxygens (including phenoxy) is 1. The quantitative estimate of drug-likeness (QED) is 0.772. The lowest BCUT2D eigenvalue weighted by atomic mass is 9.48. The summed E-state index contributed by atoms with van der Waals surface area (Å²) in [6, 6.07) is 10.3. The number of halogens is 1. The predicted octanol–water partition coefficient (Wildman–Crippen LogP) is 3.69. The number of hydrogen-bond donors (Lipinski definition) is 0. The van der Waals surface area contributed by atoms with Crippen molar-refractivity contribution in [3.63, 3.8) is 0 Å². The fourth-order valence-corrected chi connectivity index (χ4v) is 3.88. The summed E-state index contributed by atoms with van der Waals surface area (Å²) in [4.78, 5) is 0. The first kappa shape index (κ1) is 12.0. The molecule has 94 valence electrons. The van der Waals surface area contributed by atoms with Gasteiger partial charge in [-0.05, 0) is 42.7 Å². The molecule has 2 aliphatic rings. The minimum absolute atomic E-state index is 0.327. The summed E-state index contributed by atoms with van der Waals surface area (Å²) in [5, 5.41) is 10.3. The van der Waals surface area contributed by atoms with Crippen molar-refractivity contribution in [1.29, 1.82) is 5.26 Å². The summed E-state index contributed by atoms with van der Waals surface area (Å²) in [7, 11) is 0. The van der Waals surface area contributed by atoms with Crippen molar-refractivity contribution in [3.05, 3.63) is 34.9 Å². The van der Waals surface area contributed by atoms with Crippen LogP contribution in [0.25, 0.3) is 0 Å². The van der Waals surface area contributed by atoms with Crippen molar-refractivity contribution in [3.8, 4) is 6.07 Å². The predicted molar refractivity (Wildman–Crippen MR) is 70.5 cm³/mol. The Kier molecular flexibility index (Phi) is 2.84. The maximum atomic E-state index is 9.59. The van der Waals surface area contributed by atoms with E-state index in [2.05, 4.69) is 6.07 Å². The van der Waals surface area contributed by atoms with Gasteiger partial charge in [0.05, 0.1) is 11.5 Å². The van der Waals surface area contributed by atoms with Crippen molar-refractivity contribution >= 4 is 11.6 Å². The van der Waals surface area contributed by atoms with Crippen LogP contribution >= 0.6 is 11.6 Å². The van der Waals surface area contributed by atoms with Crippen molar-refractivity contribution in [2.45, 2.75) is 31.1 Å². The molecular formula is C15H16ClNO. The van der Waals surface area contributed by atoms with Crippen LogP contribution in [-0.4, -0.2) is 13.2 Å². The zero-order valence-electron chi connectivity index (χ0n) is 10.3. The third kappa shape index (κ3) is 1.74. The molecule has 3 rings (SSSR count). The van der Waals surface area contributed by atoms with Crippen LogP contribution in [0.1, 0.15) is 31.2 Å². The lowest BCUT2D eigenvalue weighted by Gasteiger charge is -2.55. The third-order valence-corrected chi connectivity index (χ3v) is 4.84. The zero-order chi connectivity index (χ0) is 12.6. The molecule has 0 bridgehead atoms. The molecule has 0 radical (unpaired) electrons. The third-order valence-electron chi connectivity index (χ3n) is 4.51. The molecule has 0 amide bonds. The van der Waals surface area contributed by atoms with E-state index in [1.54, 1.807) is 0 Å². The van der Waals surface area contributed by atoms with Gasteiger partial charge in [0.1, 0.15) is 0 Å². The van der Waals surface area contributed by atoms with E-state index in [1.165, 1.54) is 0 Å². The van der Waals surface area contributed by atoms with Crippen LogP contribution in [0.5, 0.6) is 0 Å². The smallest absolute Gasteiger partial charge is 0.0847 e. The van der Waals surface area contributed by atoms with E-state index in [9.17, 15) is 5.26 Å². The molecule has 1 aromatic rings. The van der Waals surface area contributed by atoms with Gasteiger partial charge in [0.15, 0.2) is 0 Å². The van der Waals surface area contributed by atoms with Gasteiger partial charge in [0, 0.05) is 18.2 Å². The summed E-state index contributed by atoms with van der Waals surface area (Å²) in [5.41, 5.74) is 0.967. The van der Waals surface area contributed by atoms with E-state index >= 15 is 0 Å². The molecule has 1 saturated heterocycles. The maximum Gasteiger partial charge on any atom is 0.0847 e. The topological polar surface area (TPSA) is 33.0 Å². The van der Waals surface area contributed by atoms with Crippen LogP contribution in [0.3, 0.4) is 0 Å². The van der Waals surface area contributed by atoms with E-state index in [4.69, 9.17) is 16.3 Å². The Morgan fingerprint density at radius 1 is 1.17 bits per heavy atom. The number of benzene rings is 1. The minimum Gasteiger partial charge on any atom is -0.381 e. The van der Waals surface area contributed by atoms with Crippen LogP contribution in [0.4, 0.5) is 0 Å². The number of rotatable bonds is 1. The van der Waals surface area contributed by atoms with Gasteiger partial charge in [-0.1, -0.05) is 29.8 Å². The summed E-state index contributed by atoms with van der Waals surface area (Å²) in [6.07, 6.45) is 4.04. The summed E-state index contributed by atoms with van der Waals surface area (Å²) < 4.78 is 5.42. The van der Waals surface area contributed by atoms with Crippen LogP contribution in [0.15, 0.2) is 24.3 Å². The Balaban J connectivity index is 1.87. The normalized spacial score (nSPS) is 24.2. The second kappa shape index (κ2) is 4.26. The number of hydrogen-bond acceptors (Lipinski definition) is 2. The van der Waals surface area contributed by atoms with Gasteiger partial charge >= 0.3 is 0 Å². The van der Waals surface area contributed by atoms with Crippen LogP contribution in [-0.2, 0) is 10.2 Å². The Morgan fingerprint density at radius 3 is 2.44 bits per heavy atom. The molecule has 0 atom stereocenters. The summed E-state index contributed by atoms with van der Waals surface area (Å²) >= 11 is 6.25. The molecule has 18 heavy (non-hydrogen) atoms. The number of nitriles is 1. The van der Waals surface area contributed by atoms with E-state index in [1.807, 2.05) is 24.3 Å². The van der Waals surface area contributed by atoms with Gasteiger partial charge in [0.2, 0.25) is 0 Å². The Hall–Kier alpha value is -1.04. The van der Waals surface area contributed by atoms with Crippen LogP contribution in [0.2, 0.25) is 5.02 Å². The molecule has 3 heteroatoms. The van der Waals surface area contributed by atoms with Gasteiger partial charge in [-0.2, -0.15) is 5.26 Å². The Labute approximate surface area is 113 Å². The second-order valence-electron chi connectivity index (χ2n) is 5.64. The van der Waals surface area contributed by atoms with Gasteiger partial charge in [-0.15, -0.1) is 0 Å². The Bertz CT molecular complexity index is 491. The molecule has 2 nitrogen and oxygen atoms in total. The van der Waals surface area contributed by atoms with Crippen LogP contribution in [0, 0.1) is 16.7 Å². The second-order valence-corrected chi connectivity index (χ2v) is 6.05. The lowest BCUT2D eigenvalue weighted by Crippen LogP contribution is -2.51. The number of nitrogens with zero attached hydrogens (tertiary/aromatic N) is 1. The molecule has 1 spiro atoms. The van der Waals surface area contributed by atoms with Crippen molar-refractivity contribution in [2.75, 3.05) is 13.2 Å². The lowest BCUT2D eigenvalue weighted by molar-refractivity contribution is -0.0577.